The zero-order valence-corrected chi connectivity index (χ0v) is 11.1. The van der Waals surface area contributed by atoms with Gasteiger partial charge in [0, 0.05) is 0 Å². The summed E-state index contributed by atoms with van der Waals surface area (Å²) in [4.78, 5) is 13.4. The Bertz CT molecular complexity index is 413. The standard InChI is InChI=1S/C14H21NO3/c1-3-11-6-7-15(13(8-11)14(16)17)9-12-5-4-10(2)18-12/h4-5,11,13H,3,6-9H2,1-2H3,(H,16,17). The fourth-order valence-electron chi connectivity index (χ4n) is 2.67. The van der Waals surface area contributed by atoms with Crippen molar-refractivity contribution in [2.24, 2.45) is 5.92 Å². The Morgan fingerprint density at radius 2 is 2.33 bits per heavy atom. The van der Waals surface area contributed by atoms with Crippen LogP contribution in [0.5, 0.6) is 0 Å². The van der Waals surface area contributed by atoms with Crippen LogP contribution in [0.15, 0.2) is 16.5 Å². The van der Waals surface area contributed by atoms with Crippen LogP contribution < -0.4 is 0 Å². The van der Waals surface area contributed by atoms with Crippen LogP contribution >= 0.6 is 0 Å². The van der Waals surface area contributed by atoms with Crippen molar-refractivity contribution < 1.29 is 14.3 Å². The molecule has 1 fully saturated rings. The second-order valence-corrected chi connectivity index (χ2v) is 5.14. The normalized spacial score (nSPS) is 25.2. The lowest BCUT2D eigenvalue weighted by molar-refractivity contribution is -0.145. The predicted molar refractivity (Wildman–Crippen MR) is 68.3 cm³/mol. The van der Waals surface area contributed by atoms with Gasteiger partial charge >= 0.3 is 5.97 Å². The van der Waals surface area contributed by atoms with Crippen LogP contribution in [0.1, 0.15) is 37.7 Å². The molecule has 1 aliphatic heterocycles. The Hall–Kier alpha value is -1.29. The Kier molecular flexibility index (Phi) is 4.07. The fourth-order valence-corrected chi connectivity index (χ4v) is 2.67. The molecule has 1 aliphatic rings. The van der Waals surface area contributed by atoms with Gasteiger partial charge in [-0.15, -0.1) is 0 Å². The number of hydrogen-bond acceptors (Lipinski definition) is 3. The van der Waals surface area contributed by atoms with E-state index < -0.39 is 5.97 Å². The Morgan fingerprint density at radius 1 is 1.56 bits per heavy atom. The van der Waals surface area contributed by atoms with E-state index in [1.165, 1.54) is 0 Å². The Morgan fingerprint density at radius 3 is 2.89 bits per heavy atom. The average Bonchev–Trinajstić information content (AvgIpc) is 2.75. The van der Waals surface area contributed by atoms with Gasteiger partial charge in [-0.25, -0.2) is 0 Å². The first-order chi connectivity index (χ1) is 8.60. The largest absolute Gasteiger partial charge is 0.480 e. The molecule has 1 aromatic heterocycles. The summed E-state index contributed by atoms with van der Waals surface area (Å²) in [6.07, 6.45) is 2.91. The molecule has 2 heterocycles. The predicted octanol–water partition coefficient (Wildman–Crippen LogP) is 2.66. The van der Waals surface area contributed by atoms with Crippen LogP contribution in [-0.2, 0) is 11.3 Å². The molecule has 0 amide bonds. The van der Waals surface area contributed by atoms with Gasteiger partial charge in [0.15, 0.2) is 0 Å². The van der Waals surface area contributed by atoms with Crippen molar-refractivity contribution in [3.8, 4) is 0 Å². The van der Waals surface area contributed by atoms with Gasteiger partial charge in [-0.1, -0.05) is 13.3 Å². The van der Waals surface area contributed by atoms with Crippen molar-refractivity contribution in [1.82, 2.24) is 4.90 Å². The van der Waals surface area contributed by atoms with E-state index in [9.17, 15) is 9.90 Å². The summed E-state index contributed by atoms with van der Waals surface area (Å²) in [5, 5.41) is 9.33. The van der Waals surface area contributed by atoms with Gasteiger partial charge in [0.05, 0.1) is 6.54 Å². The third-order valence-corrected chi connectivity index (χ3v) is 3.84. The lowest BCUT2D eigenvalue weighted by atomic mass is 9.89. The highest BCUT2D eigenvalue weighted by atomic mass is 16.4. The van der Waals surface area contributed by atoms with Crippen molar-refractivity contribution >= 4 is 5.97 Å². The average molecular weight is 251 g/mol. The molecule has 1 N–H and O–H groups in total. The van der Waals surface area contributed by atoms with Crippen molar-refractivity contribution in [2.75, 3.05) is 6.54 Å². The lowest BCUT2D eigenvalue weighted by Crippen LogP contribution is -2.46. The first kappa shape index (κ1) is 13.1. The molecule has 18 heavy (non-hydrogen) atoms. The van der Waals surface area contributed by atoms with Gasteiger partial charge in [-0.3, -0.25) is 9.69 Å². The molecule has 2 rings (SSSR count). The van der Waals surface area contributed by atoms with Crippen molar-refractivity contribution in [2.45, 2.75) is 45.7 Å². The maximum atomic E-state index is 11.3. The van der Waals surface area contributed by atoms with Crippen LogP contribution in [0.3, 0.4) is 0 Å². The highest BCUT2D eigenvalue weighted by molar-refractivity contribution is 5.73. The van der Waals surface area contributed by atoms with Crippen LogP contribution in [-0.4, -0.2) is 28.6 Å². The van der Waals surface area contributed by atoms with Crippen molar-refractivity contribution in [1.29, 1.82) is 0 Å². The minimum Gasteiger partial charge on any atom is -0.480 e. The topological polar surface area (TPSA) is 53.7 Å². The number of piperidine rings is 1. The van der Waals surface area contributed by atoms with Gasteiger partial charge < -0.3 is 9.52 Å². The summed E-state index contributed by atoms with van der Waals surface area (Å²) in [7, 11) is 0. The number of aliphatic carboxylic acids is 1. The summed E-state index contributed by atoms with van der Waals surface area (Å²) in [6.45, 7) is 5.48. The molecule has 2 atom stereocenters. The summed E-state index contributed by atoms with van der Waals surface area (Å²) < 4.78 is 5.53. The van der Waals surface area contributed by atoms with E-state index in [-0.39, 0.29) is 6.04 Å². The minimum absolute atomic E-state index is 0.367. The molecule has 0 aliphatic carbocycles. The van der Waals surface area contributed by atoms with Gasteiger partial charge in [0.25, 0.3) is 0 Å². The minimum atomic E-state index is -0.712. The molecule has 4 heteroatoms. The molecule has 0 spiro atoms. The quantitative estimate of drug-likeness (QED) is 0.893. The van der Waals surface area contributed by atoms with Gasteiger partial charge in [0.2, 0.25) is 0 Å². The second kappa shape index (κ2) is 5.57. The second-order valence-electron chi connectivity index (χ2n) is 5.14. The molecule has 100 valence electrons. The number of carbonyl (C=O) groups is 1. The summed E-state index contributed by atoms with van der Waals surface area (Å²) in [6, 6.07) is 3.48. The van der Waals surface area contributed by atoms with E-state index in [4.69, 9.17) is 4.42 Å². The van der Waals surface area contributed by atoms with Gasteiger partial charge in [-0.05, 0) is 44.4 Å². The first-order valence-electron chi connectivity index (χ1n) is 6.62. The number of nitrogens with zero attached hydrogens (tertiary/aromatic N) is 1. The van der Waals surface area contributed by atoms with Crippen LogP contribution in [0, 0.1) is 12.8 Å². The third-order valence-electron chi connectivity index (χ3n) is 3.84. The Labute approximate surface area is 108 Å². The van der Waals surface area contributed by atoms with E-state index in [1.54, 1.807) is 0 Å². The van der Waals surface area contributed by atoms with Crippen molar-refractivity contribution in [3.05, 3.63) is 23.7 Å². The maximum absolute atomic E-state index is 11.3. The zero-order chi connectivity index (χ0) is 13.1. The summed E-state index contributed by atoms with van der Waals surface area (Å²) >= 11 is 0. The molecule has 2 unspecified atom stereocenters. The molecule has 0 radical (unpaired) electrons. The molecule has 0 saturated carbocycles. The first-order valence-corrected chi connectivity index (χ1v) is 6.62. The van der Waals surface area contributed by atoms with E-state index >= 15 is 0 Å². The third kappa shape index (κ3) is 2.93. The number of furan rings is 1. The van der Waals surface area contributed by atoms with E-state index in [0.29, 0.717) is 12.5 Å². The molecular formula is C14H21NO3. The molecule has 0 bridgehead atoms. The van der Waals surface area contributed by atoms with E-state index in [1.807, 2.05) is 24.0 Å². The molecule has 1 saturated heterocycles. The van der Waals surface area contributed by atoms with Crippen LogP contribution in [0.4, 0.5) is 0 Å². The highest BCUT2D eigenvalue weighted by Gasteiger charge is 2.32. The number of aryl methyl sites for hydroxylation is 1. The highest BCUT2D eigenvalue weighted by Crippen LogP contribution is 2.27. The number of likely N-dealkylation sites (tertiary alicyclic amines) is 1. The van der Waals surface area contributed by atoms with Crippen LogP contribution in [0.25, 0.3) is 0 Å². The lowest BCUT2D eigenvalue weighted by Gasteiger charge is -2.36. The maximum Gasteiger partial charge on any atom is 0.320 e. The van der Waals surface area contributed by atoms with E-state index in [2.05, 4.69) is 6.92 Å². The van der Waals surface area contributed by atoms with E-state index in [0.717, 1.165) is 37.3 Å². The fraction of sp³-hybridized carbons (Fsp3) is 0.643. The smallest absolute Gasteiger partial charge is 0.320 e. The number of carboxylic acids is 1. The summed E-state index contributed by atoms with van der Waals surface area (Å²) in [5.74, 6) is 1.56. The molecule has 0 aromatic carbocycles. The number of hydrogen-bond donors (Lipinski definition) is 1. The van der Waals surface area contributed by atoms with Crippen molar-refractivity contribution in [3.63, 3.8) is 0 Å². The Balaban J connectivity index is 2.04. The SMILES string of the molecule is CCC1CCN(Cc2ccc(C)o2)C(C(=O)O)C1. The monoisotopic (exact) mass is 251 g/mol. The van der Waals surface area contributed by atoms with Crippen LogP contribution in [0.2, 0.25) is 0 Å². The molecule has 4 nitrogen and oxygen atoms in total. The molecular weight excluding hydrogens is 230 g/mol. The zero-order valence-electron chi connectivity index (χ0n) is 11.1. The van der Waals surface area contributed by atoms with Gasteiger partial charge in [-0.2, -0.15) is 0 Å². The van der Waals surface area contributed by atoms with Gasteiger partial charge in [0.1, 0.15) is 17.6 Å². The number of rotatable bonds is 4. The summed E-state index contributed by atoms with van der Waals surface area (Å²) in [5.41, 5.74) is 0. The number of carboxylic acid groups (broad SMARTS) is 1. The molecule has 1 aromatic rings.